The van der Waals surface area contributed by atoms with Crippen LogP contribution in [0.1, 0.15) is 49.1 Å². The molecule has 0 saturated carbocycles. The second-order valence-electron chi connectivity index (χ2n) is 8.33. The molecule has 2 aliphatic heterocycles. The van der Waals surface area contributed by atoms with E-state index in [1.54, 1.807) is 0 Å². The summed E-state index contributed by atoms with van der Waals surface area (Å²) in [4.78, 5) is 34.9. The highest BCUT2D eigenvalue weighted by atomic mass is 32.1. The lowest BCUT2D eigenvalue weighted by Gasteiger charge is -2.31. The van der Waals surface area contributed by atoms with Gasteiger partial charge in [-0.3, -0.25) is 14.5 Å². The van der Waals surface area contributed by atoms with Crippen LogP contribution in [0.15, 0.2) is 0 Å². The van der Waals surface area contributed by atoms with Gasteiger partial charge >= 0.3 is 0 Å². The van der Waals surface area contributed by atoms with Gasteiger partial charge in [0.25, 0.3) is 0 Å². The summed E-state index contributed by atoms with van der Waals surface area (Å²) in [6, 6.07) is 0. The lowest BCUT2D eigenvalue weighted by Crippen LogP contribution is -2.45. The Hall–Kier alpha value is -1.51. The molecule has 0 radical (unpaired) electrons. The Kier molecular flexibility index (Phi) is 8.44. The number of rotatable bonds is 9. The predicted molar refractivity (Wildman–Crippen MR) is 117 cm³/mol. The van der Waals surface area contributed by atoms with E-state index in [1.165, 1.54) is 37.3 Å². The monoisotopic (exact) mass is 421 g/mol. The van der Waals surface area contributed by atoms with Crippen LogP contribution in [0, 0.1) is 19.8 Å². The number of anilines is 1. The van der Waals surface area contributed by atoms with Crippen LogP contribution in [0.2, 0.25) is 0 Å². The molecule has 2 aliphatic rings. The van der Waals surface area contributed by atoms with Crippen molar-refractivity contribution in [1.82, 2.24) is 20.1 Å². The molecular weight excluding hydrogens is 386 g/mol. The Bertz CT molecular complexity index is 667. The molecule has 7 nitrogen and oxygen atoms in total. The summed E-state index contributed by atoms with van der Waals surface area (Å²) in [5.41, 5.74) is 0.959. The summed E-state index contributed by atoms with van der Waals surface area (Å²) in [7, 11) is 0. The number of nitrogens with one attached hydrogen (secondary N) is 2. The lowest BCUT2D eigenvalue weighted by molar-refractivity contribution is -0.128. The van der Waals surface area contributed by atoms with Crippen LogP contribution in [0.4, 0.5) is 5.13 Å². The van der Waals surface area contributed by atoms with E-state index < -0.39 is 0 Å². The highest BCUT2D eigenvalue weighted by Crippen LogP contribution is 2.21. The van der Waals surface area contributed by atoms with Gasteiger partial charge in [-0.15, -0.1) is 11.3 Å². The number of nitrogens with zero attached hydrogens (tertiary/aromatic N) is 3. The molecule has 1 aromatic rings. The predicted octanol–water partition coefficient (Wildman–Crippen LogP) is 2.40. The summed E-state index contributed by atoms with van der Waals surface area (Å²) >= 11 is 1.50. The Labute approximate surface area is 178 Å². The van der Waals surface area contributed by atoms with Gasteiger partial charge in [0.15, 0.2) is 5.13 Å². The van der Waals surface area contributed by atoms with Crippen molar-refractivity contribution in [2.75, 3.05) is 51.1 Å². The average molecular weight is 422 g/mol. The summed E-state index contributed by atoms with van der Waals surface area (Å²) in [5.74, 6) is 0.0728. The molecule has 0 aliphatic carbocycles. The zero-order chi connectivity index (χ0) is 20.6. The first-order valence-corrected chi connectivity index (χ1v) is 11.8. The highest BCUT2D eigenvalue weighted by Gasteiger charge is 2.26. The molecule has 1 unspecified atom stereocenters. The van der Waals surface area contributed by atoms with E-state index in [9.17, 15) is 9.59 Å². The fourth-order valence-corrected chi connectivity index (χ4v) is 4.95. The van der Waals surface area contributed by atoms with Crippen LogP contribution in [0.3, 0.4) is 0 Å². The van der Waals surface area contributed by atoms with E-state index in [-0.39, 0.29) is 17.7 Å². The normalized spacial score (nSPS) is 20.7. The van der Waals surface area contributed by atoms with Gasteiger partial charge < -0.3 is 15.5 Å². The van der Waals surface area contributed by atoms with Gasteiger partial charge in [0, 0.05) is 18.0 Å². The van der Waals surface area contributed by atoms with Crippen molar-refractivity contribution in [1.29, 1.82) is 0 Å². The minimum Gasteiger partial charge on any atom is -0.356 e. The molecule has 0 spiro atoms. The van der Waals surface area contributed by atoms with Crippen LogP contribution < -0.4 is 10.6 Å². The highest BCUT2D eigenvalue weighted by molar-refractivity contribution is 7.15. The summed E-state index contributed by atoms with van der Waals surface area (Å²) in [6.45, 7) is 10.2. The first-order valence-electron chi connectivity index (χ1n) is 11.0. The summed E-state index contributed by atoms with van der Waals surface area (Å²) in [5, 5.41) is 6.65. The quantitative estimate of drug-likeness (QED) is 0.599. The maximum absolute atomic E-state index is 12.5. The average Bonchev–Trinajstić information content (AvgIpc) is 3.31. The van der Waals surface area contributed by atoms with Crippen molar-refractivity contribution in [3.05, 3.63) is 10.6 Å². The molecule has 1 atom stereocenters. The smallest absolute Gasteiger partial charge is 0.240 e. The summed E-state index contributed by atoms with van der Waals surface area (Å²) < 4.78 is 0. The number of carbonyl (C=O) groups is 2. The molecule has 1 aromatic heterocycles. The molecular formula is C21H35N5O2S. The van der Waals surface area contributed by atoms with Crippen molar-refractivity contribution in [2.45, 2.75) is 52.4 Å². The van der Waals surface area contributed by atoms with E-state index in [2.05, 4.69) is 25.4 Å². The molecule has 3 rings (SSSR count). The molecule has 2 saturated heterocycles. The number of carbonyl (C=O) groups excluding carboxylic acids is 2. The van der Waals surface area contributed by atoms with Gasteiger partial charge in [0.2, 0.25) is 11.8 Å². The zero-order valence-electron chi connectivity index (χ0n) is 17.8. The standard InChI is InChI=1S/C21H35N5O2S/c1-16-17(2)29-21(23-16)24-19(27)15-26-13-7-8-18(14-26)20(28)22-9-3-4-10-25-11-5-6-12-25/h18H,3-15H2,1-2H3,(H,22,28)(H,23,24,27). The van der Waals surface area contributed by atoms with Gasteiger partial charge in [0.05, 0.1) is 18.2 Å². The van der Waals surface area contributed by atoms with Crippen molar-refractivity contribution >= 4 is 28.3 Å². The number of thiazole rings is 1. The van der Waals surface area contributed by atoms with Crippen molar-refractivity contribution in [3.8, 4) is 0 Å². The van der Waals surface area contributed by atoms with Crippen LogP contribution >= 0.6 is 11.3 Å². The van der Waals surface area contributed by atoms with Gasteiger partial charge in [0.1, 0.15) is 0 Å². The number of aryl methyl sites for hydroxylation is 2. The third-order valence-corrected chi connectivity index (χ3v) is 6.91. The van der Waals surface area contributed by atoms with Crippen LogP contribution in [-0.2, 0) is 9.59 Å². The fraction of sp³-hybridized carbons (Fsp3) is 0.762. The third-order valence-electron chi connectivity index (χ3n) is 5.92. The first kappa shape index (κ1) is 22.2. The molecule has 0 aromatic carbocycles. The Balaban J connectivity index is 1.33. The van der Waals surface area contributed by atoms with Crippen LogP contribution in [-0.4, -0.2) is 72.4 Å². The number of hydrogen-bond donors (Lipinski definition) is 2. The first-order chi connectivity index (χ1) is 14.0. The minimum absolute atomic E-state index is 0.0144. The maximum atomic E-state index is 12.5. The number of aromatic nitrogens is 1. The van der Waals surface area contributed by atoms with E-state index in [1.807, 2.05) is 13.8 Å². The molecule has 2 N–H and O–H groups in total. The van der Waals surface area contributed by atoms with Crippen molar-refractivity contribution in [2.24, 2.45) is 5.92 Å². The van der Waals surface area contributed by atoms with Crippen molar-refractivity contribution in [3.63, 3.8) is 0 Å². The molecule has 162 valence electrons. The Morgan fingerprint density at radius 2 is 1.86 bits per heavy atom. The minimum atomic E-state index is -0.0540. The van der Waals surface area contributed by atoms with E-state index >= 15 is 0 Å². The number of unbranched alkanes of at least 4 members (excludes halogenated alkanes) is 1. The lowest BCUT2D eigenvalue weighted by atomic mass is 9.97. The topological polar surface area (TPSA) is 77.6 Å². The summed E-state index contributed by atoms with van der Waals surface area (Å²) in [6.07, 6.45) is 6.70. The Morgan fingerprint density at radius 1 is 1.10 bits per heavy atom. The van der Waals surface area contributed by atoms with E-state index in [0.717, 1.165) is 55.9 Å². The van der Waals surface area contributed by atoms with Crippen molar-refractivity contribution < 1.29 is 9.59 Å². The van der Waals surface area contributed by atoms with E-state index in [4.69, 9.17) is 0 Å². The number of piperidine rings is 1. The maximum Gasteiger partial charge on any atom is 0.240 e. The second-order valence-corrected chi connectivity index (χ2v) is 9.53. The Morgan fingerprint density at radius 3 is 2.59 bits per heavy atom. The third kappa shape index (κ3) is 7.04. The molecule has 2 fully saturated rings. The molecule has 29 heavy (non-hydrogen) atoms. The van der Waals surface area contributed by atoms with Gasteiger partial charge in [-0.1, -0.05) is 0 Å². The number of likely N-dealkylation sites (tertiary alicyclic amines) is 2. The van der Waals surface area contributed by atoms with E-state index in [0.29, 0.717) is 18.2 Å². The number of hydrogen-bond acceptors (Lipinski definition) is 6. The second kappa shape index (κ2) is 11.0. The fourth-order valence-electron chi connectivity index (χ4n) is 4.12. The van der Waals surface area contributed by atoms with Crippen LogP contribution in [0.25, 0.3) is 0 Å². The molecule has 0 bridgehead atoms. The largest absolute Gasteiger partial charge is 0.356 e. The van der Waals surface area contributed by atoms with Gasteiger partial charge in [-0.2, -0.15) is 0 Å². The molecule has 3 heterocycles. The van der Waals surface area contributed by atoms with Gasteiger partial charge in [-0.25, -0.2) is 4.98 Å². The molecule has 2 amide bonds. The van der Waals surface area contributed by atoms with Gasteiger partial charge in [-0.05, 0) is 78.6 Å². The SMILES string of the molecule is Cc1nc(NC(=O)CN2CCCC(C(=O)NCCCCN3CCCC3)C2)sc1C. The number of amides is 2. The van der Waals surface area contributed by atoms with Crippen LogP contribution in [0.5, 0.6) is 0 Å². The molecule has 8 heteroatoms. The zero-order valence-corrected chi connectivity index (χ0v) is 18.7.